The van der Waals surface area contributed by atoms with E-state index in [-0.39, 0.29) is 17.9 Å². The molecule has 7 N–H and O–H groups in total. The normalized spacial score (nSPS) is 13.5. The van der Waals surface area contributed by atoms with E-state index in [1.165, 1.54) is 0 Å². The molecule has 0 aliphatic heterocycles. The van der Waals surface area contributed by atoms with Crippen LogP contribution in [0.5, 0.6) is 0 Å². The summed E-state index contributed by atoms with van der Waals surface area (Å²) in [6.07, 6.45) is 5.41. The average Bonchev–Trinajstić information content (AvgIpc) is 2.62. The van der Waals surface area contributed by atoms with Gasteiger partial charge in [-0.2, -0.15) is 0 Å². The molecule has 0 fully saturated rings. The van der Waals surface area contributed by atoms with E-state index in [2.05, 4.69) is 24.5 Å². The molecule has 28 heavy (non-hydrogen) atoms. The summed E-state index contributed by atoms with van der Waals surface area (Å²) in [5, 5.41) is 13.1. The van der Waals surface area contributed by atoms with Gasteiger partial charge in [-0.3, -0.25) is 10.2 Å². The Hall–Kier alpha value is -1.38. The molecule has 0 saturated heterocycles. The Labute approximate surface area is 171 Å². The zero-order valence-electron chi connectivity index (χ0n) is 18.3. The van der Waals surface area contributed by atoms with Crippen LogP contribution in [-0.2, 0) is 14.3 Å². The van der Waals surface area contributed by atoms with Gasteiger partial charge in [0.2, 0.25) is 5.91 Å². The van der Waals surface area contributed by atoms with Crippen LogP contribution in [0, 0.1) is 11.3 Å². The Morgan fingerprint density at radius 2 is 1.64 bits per heavy atom. The van der Waals surface area contributed by atoms with Gasteiger partial charge in [-0.05, 0) is 38.0 Å². The van der Waals surface area contributed by atoms with E-state index in [1.54, 1.807) is 0 Å². The van der Waals surface area contributed by atoms with Crippen molar-refractivity contribution >= 4 is 11.9 Å². The van der Waals surface area contributed by atoms with Crippen LogP contribution in [0.3, 0.4) is 0 Å². The predicted molar refractivity (Wildman–Crippen MR) is 114 cm³/mol. The second-order valence-electron chi connectivity index (χ2n) is 7.65. The number of ether oxygens (including phenoxy) is 2. The molecule has 166 valence electrons. The minimum absolute atomic E-state index is 0.0607. The number of hydrogen-bond acceptors (Lipinski definition) is 5. The molecule has 0 rings (SSSR count). The van der Waals surface area contributed by atoms with Gasteiger partial charge < -0.3 is 31.6 Å². The van der Waals surface area contributed by atoms with Crippen LogP contribution in [0.2, 0.25) is 0 Å². The maximum Gasteiger partial charge on any atom is 0.237 e. The highest BCUT2D eigenvalue weighted by Crippen LogP contribution is 2.12. The summed E-state index contributed by atoms with van der Waals surface area (Å²) in [6, 6.07) is -0.849. The maximum absolute atomic E-state index is 12.6. The Balaban J connectivity index is 5.00. The molecule has 0 heterocycles. The van der Waals surface area contributed by atoms with Gasteiger partial charge in [-0.1, -0.05) is 40.5 Å². The zero-order chi connectivity index (χ0) is 21.4. The lowest BCUT2D eigenvalue weighted by molar-refractivity contribution is -0.165. The number of hydrogen-bond donors (Lipinski definition) is 5. The van der Waals surface area contributed by atoms with Crippen molar-refractivity contribution in [2.45, 2.75) is 91.0 Å². The summed E-state index contributed by atoms with van der Waals surface area (Å²) in [5.41, 5.74) is 11.4. The Morgan fingerprint density at radius 1 is 1.07 bits per heavy atom. The second-order valence-corrected chi connectivity index (χ2v) is 7.65. The zero-order valence-corrected chi connectivity index (χ0v) is 18.3. The van der Waals surface area contributed by atoms with Gasteiger partial charge in [-0.25, -0.2) is 0 Å². The van der Waals surface area contributed by atoms with Crippen LogP contribution in [0.25, 0.3) is 0 Å². The topological polar surface area (TPSA) is 135 Å². The number of carbonyl (C=O) groups is 1. The van der Waals surface area contributed by atoms with Gasteiger partial charge >= 0.3 is 0 Å². The first-order valence-electron chi connectivity index (χ1n) is 10.7. The molecular weight excluding hydrogens is 358 g/mol. The number of carbonyl (C=O) groups excluding carboxylic acids is 1. The lowest BCUT2D eigenvalue weighted by Crippen LogP contribution is -2.51. The number of rotatable bonds is 17. The van der Waals surface area contributed by atoms with E-state index in [0.717, 1.165) is 25.7 Å². The van der Waals surface area contributed by atoms with Crippen molar-refractivity contribution in [2.75, 3.05) is 19.8 Å². The predicted octanol–water partition coefficient (Wildman–Crippen LogP) is 2.07. The molecule has 8 heteroatoms. The van der Waals surface area contributed by atoms with Crippen LogP contribution < -0.4 is 22.1 Å². The van der Waals surface area contributed by atoms with Crippen LogP contribution in [0.15, 0.2) is 0 Å². The van der Waals surface area contributed by atoms with E-state index in [1.807, 2.05) is 13.8 Å². The van der Waals surface area contributed by atoms with E-state index >= 15 is 0 Å². The van der Waals surface area contributed by atoms with Crippen molar-refractivity contribution in [1.29, 1.82) is 5.41 Å². The first kappa shape index (κ1) is 26.6. The highest BCUT2D eigenvalue weighted by Gasteiger charge is 2.27. The third-order valence-corrected chi connectivity index (χ3v) is 4.29. The van der Waals surface area contributed by atoms with Crippen molar-refractivity contribution in [3.63, 3.8) is 0 Å². The van der Waals surface area contributed by atoms with Gasteiger partial charge in [0.15, 0.2) is 12.2 Å². The molecule has 0 saturated carbocycles. The van der Waals surface area contributed by atoms with Crippen molar-refractivity contribution in [2.24, 2.45) is 17.4 Å². The van der Waals surface area contributed by atoms with E-state index in [4.69, 9.17) is 26.4 Å². The molecule has 2 atom stereocenters. The average molecular weight is 402 g/mol. The molecule has 0 aliphatic carbocycles. The van der Waals surface area contributed by atoms with Crippen LogP contribution in [-0.4, -0.2) is 50.0 Å². The summed E-state index contributed by atoms with van der Waals surface area (Å²) < 4.78 is 11.9. The van der Waals surface area contributed by atoms with E-state index in [0.29, 0.717) is 44.9 Å². The Morgan fingerprint density at radius 3 is 2.11 bits per heavy atom. The fourth-order valence-electron chi connectivity index (χ4n) is 2.69. The van der Waals surface area contributed by atoms with E-state index < -0.39 is 12.3 Å². The molecule has 1 amide bonds. The number of unbranched alkanes of at least 4 members (excludes halogenated alkanes) is 2. The third kappa shape index (κ3) is 13.7. The van der Waals surface area contributed by atoms with Gasteiger partial charge in [-0.15, -0.1) is 0 Å². The quantitative estimate of drug-likeness (QED) is 0.110. The molecule has 0 aromatic carbocycles. The number of nitrogens with two attached hydrogens (primary N) is 2. The highest BCUT2D eigenvalue weighted by molar-refractivity contribution is 5.81. The Kier molecular flexibility index (Phi) is 15.7. The summed E-state index contributed by atoms with van der Waals surface area (Å²) in [7, 11) is 0. The number of nitrogens with one attached hydrogen (secondary N) is 3. The van der Waals surface area contributed by atoms with Gasteiger partial charge in [0.1, 0.15) is 0 Å². The standard InChI is InChI=1S/C20H43N5O3/c1-5-7-12-27-19(28-13-8-6-2)17(10-9-11-24-20(22)23)25-18(26)16(21)14-15(3)4/h15-17,19H,5-14,21H2,1-4H3,(H,25,26)(H4,22,23,24). The largest absolute Gasteiger partial charge is 0.370 e. The molecule has 0 spiro atoms. The fourth-order valence-corrected chi connectivity index (χ4v) is 2.69. The Bertz CT molecular complexity index is 411. The fraction of sp³-hybridized carbons (Fsp3) is 0.900. The number of amides is 1. The van der Waals surface area contributed by atoms with Crippen molar-refractivity contribution < 1.29 is 14.3 Å². The summed E-state index contributed by atoms with van der Waals surface area (Å²) in [6.45, 7) is 10.0. The molecule has 0 aliphatic rings. The molecule has 0 radical (unpaired) electrons. The molecule has 0 bridgehead atoms. The number of guanidine groups is 1. The van der Waals surface area contributed by atoms with Crippen LogP contribution >= 0.6 is 0 Å². The molecule has 8 nitrogen and oxygen atoms in total. The van der Waals surface area contributed by atoms with Crippen LogP contribution in [0.4, 0.5) is 0 Å². The SMILES string of the molecule is CCCCOC(OCCCC)C(CCCNC(=N)N)NC(=O)C(N)CC(C)C. The lowest BCUT2D eigenvalue weighted by Gasteiger charge is -2.29. The molecule has 0 aromatic rings. The smallest absolute Gasteiger partial charge is 0.237 e. The van der Waals surface area contributed by atoms with Crippen molar-refractivity contribution in [3.8, 4) is 0 Å². The minimum Gasteiger partial charge on any atom is -0.370 e. The van der Waals surface area contributed by atoms with Crippen molar-refractivity contribution in [3.05, 3.63) is 0 Å². The van der Waals surface area contributed by atoms with Crippen molar-refractivity contribution in [1.82, 2.24) is 10.6 Å². The maximum atomic E-state index is 12.6. The van der Waals surface area contributed by atoms with Crippen LogP contribution in [0.1, 0.15) is 72.6 Å². The van der Waals surface area contributed by atoms with Gasteiger partial charge in [0, 0.05) is 19.8 Å². The van der Waals surface area contributed by atoms with E-state index in [9.17, 15) is 4.79 Å². The first-order valence-corrected chi connectivity index (χ1v) is 10.7. The molecular formula is C20H43N5O3. The summed E-state index contributed by atoms with van der Waals surface area (Å²) in [5.74, 6) is 0.104. The first-order chi connectivity index (χ1) is 13.3. The van der Waals surface area contributed by atoms with Gasteiger partial charge in [0.25, 0.3) is 0 Å². The minimum atomic E-state index is -0.551. The second kappa shape index (κ2) is 16.6. The highest BCUT2D eigenvalue weighted by atomic mass is 16.7. The van der Waals surface area contributed by atoms with Gasteiger partial charge in [0.05, 0.1) is 12.1 Å². The lowest BCUT2D eigenvalue weighted by atomic mass is 10.0. The summed E-state index contributed by atoms with van der Waals surface area (Å²) >= 11 is 0. The summed E-state index contributed by atoms with van der Waals surface area (Å²) in [4.78, 5) is 12.6. The monoisotopic (exact) mass is 401 g/mol. The molecule has 0 aromatic heterocycles. The third-order valence-electron chi connectivity index (χ3n) is 4.29. The molecule has 2 unspecified atom stereocenters.